The first-order valence-electron chi connectivity index (χ1n) is 8.91. The highest BCUT2D eigenvalue weighted by Crippen LogP contribution is 2.31. The second kappa shape index (κ2) is 6.29. The van der Waals surface area contributed by atoms with Crippen LogP contribution in [0.25, 0.3) is 0 Å². The monoisotopic (exact) mass is 318 g/mol. The van der Waals surface area contributed by atoms with E-state index in [1.165, 1.54) is 12.8 Å². The molecule has 5 nitrogen and oxygen atoms in total. The molecule has 0 aromatic carbocycles. The Bertz CT molecular complexity index is 566. The highest BCUT2D eigenvalue weighted by molar-refractivity contribution is 5.79. The van der Waals surface area contributed by atoms with Gasteiger partial charge < -0.3 is 14.1 Å². The van der Waals surface area contributed by atoms with Crippen molar-refractivity contribution in [2.75, 3.05) is 19.7 Å². The van der Waals surface area contributed by atoms with Crippen LogP contribution in [0.3, 0.4) is 0 Å². The Morgan fingerprint density at radius 1 is 1.30 bits per heavy atom. The lowest BCUT2D eigenvalue weighted by Crippen LogP contribution is -2.52. The number of morpholine rings is 1. The smallest absolute Gasteiger partial charge is 0.237 e. The van der Waals surface area contributed by atoms with E-state index in [-0.39, 0.29) is 5.91 Å². The lowest BCUT2D eigenvalue weighted by Gasteiger charge is -2.38. The third-order valence-corrected chi connectivity index (χ3v) is 5.37. The van der Waals surface area contributed by atoms with E-state index in [1.54, 1.807) is 0 Å². The molecule has 4 rings (SSSR count). The van der Waals surface area contributed by atoms with Gasteiger partial charge in [-0.25, -0.2) is 0 Å². The molecule has 1 aliphatic heterocycles. The van der Waals surface area contributed by atoms with Crippen molar-refractivity contribution in [3.63, 3.8) is 0 Å². The summed E-state index contributed by atoms with van der Waals surface area (Å²) in [5.41, 5.74) is 0. The molecule has 0 unspecified atom stereocenters. The Kier molecular flexibility index (Phi) is 4.16. The van der Waals surface area contributed by atoms with Crippen molar-refractivity contribution in [1.29, 1.82) is 0 Å². The van der Waals surface area contributed by atoms with Gasteiger partial charge in [0, 0.05) is 18.6 Å². The van der Waals surface area contributed by atoms with Gasteiger partial charge in [-0.15, -0.1) is 0 Å². The Balaban J connectivity index is 1.41. The minimum atomic E-state index is 0.245. The second-order valence-corrected chi connectivity index (χ2v) is 7.14. The summed E-state index contributed by atoms with van der Waals surface area (Å²) in [7, 11) is 0. The number of ether oxygens (including phenoxy) is 1. The summed E-state index contributed by atoms with van der Waals surface area (Å²) in [6.07, 6.45) is 6.13. The summed E-state index contributed by atoms with van der Waals surface area (Å²) in [5.74, 6) is 2.04. The normalized spacial score (nSPS) is 27.9. The summed E-state index contributed by atoms with van der Waals surface area (Å²) in [6, 6.07) is 4.81. The Labute approximate surface area is 137 Å². The molecule has 3 aliphatic rings. The second-order valence-electron chi connectivity index (χ2n) is 7.14. The molecule has 2 saturated carbocycles. The summed E-state index contributed by atoms with van der Waals surface area (Å²) in [6.45, 7) is 4.72. The van der Waals surface area contributed by atoms with Crippen molar-refractivity contribution in [3.05, 3.63) is 23.7 Å². The van der Waals surface area contributed by atoms with Crippen LogP contribution >= 0.6 is 0 Å². The molecule has 0 radical (unpaired) electrons. The first-order valence-corrected chi connectivity index (χ1v) is 8.91. The van der Waals surface area contributed by atoms with E-state index in [4.69, 9.17) is 9.15 Å². The van der Waals surface area contributed by atoms with Crippen molar-refractivity contribution in [1.82, 2.24) is 9.80 Å². The highest BCUT2D eigenvalue weighted by Gasteiger charge is 2.39. The SMILES string of the molecule is Cc1ccc(CN(C(=O)CN2CCO[C@H]3CCC[C@H]32)C2CC2)o1. The Morgan fingerprint density at radius 2 is 2.17 bits per heavy atom. The molecule has 0 spiro atoms. The number of rotatable bonds is 5. The van der Waals surface area contributed by atoms with Crippen LogP contribution in [0.5, 0.6) is 0 Å². The molecular weight excluding hydrogens is 292 g/mol. The third kappa shape index (κ3) is 3.31. The van der Waals surface area contributed by atoms with Crippen molar-refractivity contribution in [2.24, 2.45) is 0 Å². The highest BCUT2D eigenvalue weighted by atomic mass is 16.5. The van der Waals surface area contributed by atoms with E-state index in [0.29, 0.717) is 31.3 Å². The van der Waals surface area contributed by atoms with Gasteiger partial charge in [0.2, 0.25) is 5.91 Å². The fourth-order valence-corrected chi connectivity index (χ4v) is 4.01. The van der Waals surface area contributed by atoms with Crippen molar-refractivity contribution >= 4 is 5.91 Å². The lowest BCUT2D eigenvalue weighted by molar-refractivity contribution is -0.137. The zero-order valence-corrected chi connectivity index (χ0v) is 13.9. The van der Waals surface area contributed by atoms with Crippen LogP contribution in [-0.4, -0.2) is 53.6 Å². The number of amides is 1. The molecule has 2 heterocycles. The zero-order valence-electron chi connectivity index (χ0n) is 13.9. The zero-order chi connectivity index (χ0) is 15.8. The first kappa shape index (κ1) is 15.2. The van der Waals surface area contributed by atoms with Gasteiger partial charge in [-0.3, -0.25) is 9.69 Å². The number of hydrogen-bond acceptors (Lipinski definition) is 4. The largest absolute Gasteiger partial charge is 0.464 e. The molecule has 23 heavy (non-hydrogen) atoms. The van der Waals surface area contributed by atoms with Crippen LogP contribution in [0.1, 0.15) is 43.6 Å². The molecule has 0 N–H and O–H groups in total. The fraction of sp³-hybridized carbons (Fsp3) is 0.722. The molecule has 1 aromatic rings. The van der Waals surface area contributed by atoms with Gasteiger partial charge in [0.05, 0.1) is 25.8 Å². The van der Waals surface area contributed by atoms with Crippen LogP contribution in [-0.2, 0) is 16.1 Å². The van der Waals surface area contributed by atoms with Gasteiger partial charge in [0.1, 0.15) is 11.5 Å². The van der Waals surface area contributed by atoms with E-state index < -0.39 is 0 Å². The molecule has 1 amide bonds. The molecule has 126 valence electrons. The topological polar surface area (TPSA) is 45.9 Å². The fourth-order valence-electron chi connectivity index (χ4n) is 4.01. The van der Waals surface area contributed by atoms with Crippen molar-refractivity contribution < 1.29 is 13.9 Å². The van der Waals surface area contributed by atoms with Crippen LogP contribution in [0, 0.1) is 6.92 Å². The van der Waals surface area contributed by atoms with Crippen LogP contribution in [0.15, 0.2) is 16.5 Å². The Hall–Kier alpha value is -1.33. The van der Waals surface area contributed by atoms with E-state index in [9.17, 15) is 4.79 Å². The maximum atomic E-state index is 12.9. The first-order chi connectivity index (χ1) is 11.2. The summed E-state index contributed by atoms with van der Waals surface area (Å²) in [4.78, 5) is 17.3. The molecule has 2 aliphatic carbocycles. The van der Waals surface area contributed by atoms with E-state index in [2.05, 4.69) is 4.90 Å². The lowest BCUT2D eigenvalue weighted by atomic mass is 10.1. The van der Waals surface area contributed by atoms with Gasteiger partial charge in [-0.05, 0) is 51.2 Å². The molecule has 2 atom stereocenters. The van der Waals surface area contributed by atoms with Crippen LogP contribution in [0.2, 0.25) is 0 Å². The van der Waals surface area contributed by atoms with Gasteiger partial charge in [0.15, 0.2) is 0 Å². The van der Waals surface area contributed by atoms with E-state index in [1.807, 2.05) is 24.0 Å². The van der Waals surface area contributed by atoms with Gasteiger partial charge in [-0.1, -0.05) is 0 Å². The number of hydrogen-bond donors (Lipinski definition) is 0. The van der Waals surface area contributed by atoms with Crippen LogP contribution in [0.4, 0.5) is 0 Å². The predicted molar refractivity (Wildman–Crippen MR) is 86.0 cm³/mol. The number of fused-ring (bicyclic) bond motifs is 1. The number of aryl methyl sites for hydroxylation is 1. The molecule has 0 bridgehead atoms. The summed E-state index contributed by atoms with van der Waals surface area (Å²) < 4.78 is 11.5. The molecule has 1 aromatic heterocycles. The number of carbonyl (C=O) groups is 1. The number of furan rings is 1. The van der Waals surface area contributed by atoms with Crippen molar-refractivity contribution in [3.8, 4) is 0 Å². The number of carbonyl (C=O) groups excluding carboxylic acids is 1. The van der Waals surface area contributed by atoms with Crippen LogP contribution < -0.4 is 0 Å². The molecule has 1 saturated heterocycles. The molecular formula is C18H26N2O3. The van der Waals surface area contributed by atoms with E-state index >= 15 is 0 Å². The minimum Gasteiger partial charge on any atom is -0.464 e. The summed E-state index contributed by atoms with van der Waals surface area (Å²) in [5, 5.41) is 0. The van der Waals surface area contributed by atoms with Gasteiger partial charge in [0.25, 0.3) is 0 Å². The average molecular weight is 318 g/mol. The Morgan fingerprint density at radius 3 is 2.91 bits per heavy atom. The molecule has 3 fully saturated rings. The number of nitrogens with zero attached hydrogens (tertiary/aromatic N) is 2. The van der Waals surface area contributed by atoms with Crippen molar-refractivity contribution in [2.45, 2.75) is 63.8 Å². The average Bonchev–Trinajstić information content (AvgIpc) is 3.10. The maximum Gasteiger partial charge on any atom is 0.237 e. The summed E-state index contributed by atoms with van der Waals surface area (Å²) >= 11 is 0. The maximum absolute atomic E-state index is 12.9. The molecule has 5 heteroatoms. The minimum absolute atomic E-state index is 0.245. The predicted octanol–water partition coefficient (Wildman–Crippen LogP) is 2.33. The van der Waals surface area contributed by atoms with E-state index in [0.717, 1.165) is 43.9 Å². The van der Waals surface area contributed by atoms with Gasteiger partial charge in [-0.2, -0.15) is 0 Å². The van der Waals surface area contributed by atoms with Gasteiger partial charge >= 0.3 is 0 Å². The standard InChI is InChI=1S/C18H26N2O3/c1-13-5-8-15(23-13)11-20(14-6-7-14)18(21)12-19-9-10-22-17-4-2-3-16(17)19/h5,8,14,16-17H,2-4,6-7,9-12H2,1H3/t16-,17+/m1/s1. The third-order valence-electron chi connectivity index (χ3n) is 5.37. The quantitative estimate of drug-likeness (QED) is 0.836.